The Balaban J connectivity index is 2.23. The first-order chi connectivity index (χ1) is 7.74. The van der Waals surface area contributed by atoms with Gasteiger partial charge in [0.15, 0.2) is 0 Å². The lowest BCUT2D eigenvalue weighted by Crippen LogP contribution is -1.85. The summed E-state index contributed by atoms with van der Waals surface area (Å²) in [6, 6.07) is 5.54. The van der Waals surface area contributed by atoms with Crippen molar-refractivity contribution in [2.24, 2.45) is 0 Å². The number of hydrogen-bond donors (Lipinski definition) is 1. The van der Waals surface area contributed by atoms with Crippen LogP contribution in [0.5, 0.6) is 0 Å². The van der Waals surface area contributed by atoms with Gasteiger partial charge < -0.3 is 5.11 Å². The Morgan fingerprint density at radius 3 is 2.56 bits per heavy atom. The average Bonchev–Trinajstić information content (AvgIpc) is 2.28. The number of aliphatic hydroxyl groups excluding tert-OH is 1. The van der Waals surface area contributed by atoms with Crippen molar-refractivity contribution >= 4 is 35.0 Å². The van der Waals surface area contributed by atoms with Gasteiger partial charge in [-0.25, -0.2) is 0 Å². The lowest BCUT2D eigenvalue weighted by atomic mass is 10.2. The molecule has 0 aliphatic rings. The molecule has 0 aliphatic carbocycles. The highest BCUT2D eigenvalue weighted by Crippen LogP contribution is 2.30. The summed E-state index contributed by atoms with van der Waals surface area (Å²) < 4.78 is 0. The molecule has 1 aromatic rings. The van der Waals surface area contributed by atoms with Gasteiger partial charge in [0.25, 0.3) is 0 Å². The maximum Gasteiger partial charge on any atom is 0.0542 e. The number of rotatable bonds is 7. The van der Waals surface area contributed by atoms with Crippen LogP contribution in [0.15, 0.2) is 23.1 Å². The van der Waals surface area contributed by atoms with Crippen LogP contribution in [0.3, 0.4) is 0 Å². The van der Waals surface area contributed by atoms with Crippen LogP contribution in [0.4, 0.5) is 0 Å². The van der Waals surface area contributed by atoms with E-state index in [-0.39, 0.29) is 0 Å². The summed E-state index contributed by atoms with van der Waals surface area (Å²) in [4.78, 5) is 1.05. The molecule has 90 valence electrons. The Labute approximate surface area is 111 Å². The molecule has 0 fully saturated rings. The normalized spacial score (nSPS) is 10.7. The van der Waals surface area contributed by atoms with E-state index in [0.29, 0.717) is 6.61 Å². The Hall–Kier alpha value is 0.110. The lowest BCUT2D eigenvalue weighted by Gasteiger charge is -2.04. The van der Waals surface area contributed by atoms with E-state index >= 15 is 0 Å². The SMILES string of the molecule is OCCCCCCSc1cc(Cl)ccc1Cl. The summed E-state index contributed by atoms with van der Waals surface area (Å²) in [5.74, 6) is 1.05. The highest BCUT2D eigenvalue weighted by Gasteiger charge is 2.01. The van der Waals surface area contributed by atoms with Crippen molar-refractivity contribution in [1.29, 1.82) is 0 Å². The molecule has 0 amide bonds. The van der Waals surface area contributed by atoms with Gasteiger partial charge in [0.1, 0.15) is 0 Å². The number of benzene rings is 1. The number of hydrogen-bond acceptors (Lipinski definition) is 2. The third-order valence-corrected chi connectivity index (χ3v) is 4.02. The summed E-state index contributed by atoms with van der Waals surface area (Å²) in [5, 5.41) is 10.1. The van der Waals surface area contributed by atoms with Gasteiger partial charge in [-0.15, -0.1) is 11.8 Å². The molecule has 0 saturated carbocycles. The molecule has 1 nitrogen and oxygen atoms in total. The minimum atomic E-state index is 0.299. The highest BCUT2D eigenvalue weighted by molar-refractivity contribution is 7.99. The first-order valence-electron chi connectivity index (χ1n) is 5.43. The zero-order valence-corrected chi connectivity index (χ0v) is 11.4. The maximum absolute atomic E-state index is 8.63. The highest BCUT2D eigenvalue weighted by atomic mass is 35.5. The summed E-state index contributed by atoms with van der Waals surface area (Å²) in [6.45, 7) is 0.299. The summed E-state index contributed by atoms with van der Waals surface area (Å²) in [7, 11) is 0. The molecule has 1 rings (SSSR count). The quantitative estimate of drug-likeness (QED) is 0.579. The second-order valence-electron chi connectivity index (χ2n) is 3.56. The average molecular weight is 279 g/mol. The van der Waals surface area contributed by atoms with Crippen molar-refractivity contribution in [1.82, 2.24) is 0 Å². The monoisotopic (exact) mass is 278 g/mol. The van der Waals surface area contributed by atoms with E-state index < -0.39 is 0 Å². The molecule has 4 heteroatoms. The van der Waals surface area contributed by atoms with Gasteiger partial charge in [-0.05, 0) is 36.8 Å². The van der Waals surface area contributed by atoms with Crippen molar-refractivity contribution < 1.29 is 5.11 Å². The largest absolute Gasteiger partial charge is 0.396 e. The van der Waals surface area contributed by atoms with Gasteiger partial charge in [0, 0.05) is 16.5 Å². The van der Waals surface area contributed by atoms with Crippen LogP contribution in [-0.2, 0) is 0 Å². The summed E-state index contributed by atoms with van der Waals surface area (Å²) in [5.41, 5.74) is 0. The van der Waals surface area contributed by atoms with E-state index in [1.165, 1.54) is 0 Å². The fourth-order valence-corrected chi connectivity index (χ4v) is 2.84. The standard InChI is InChI=1S/C12H16Cl2OS/c13-10-5-6-11(14)12(9-10)16-8-4-2-1-3-7-15/h5-6,9,15H,1-4,7-8H2. The molecule has 0 aromatic heterocycles. The third kappa shape index (κ3) is 5.44. The van der Waals surface area contributed by atoms with Crippen LogP contribution >= 0.6 is 35.0 Å². The maximum atomic E-state index is 8.63. The van der Waals surface area contributed by atoms with E-state index in [0.717, 1.165) is 46.4 Å². The molecule has 0 atom stereocenters. The van der Waals surface area contributed by atoms with E-state index in [1.54, 1.807) is 17.8 Å². The molecule has 1 N–H and O–H groups in total. The van der Waals surface area contributed by atoms with E-state index in [9.17, 15) is 0 Å². The molecular formula is C12H16Cl2OS. The van der Waals surface area contributed by atoms with Crippen molar-refractivity contribution in [3.63, 3.8) is 0 Å². The Kier molecular flexibility index (Phi) is 7.30. The Morgan fingerprint density at radius 1 is 1.06 bits per heavy atom. The predicted octanol–water partition coefficient (Wildman–Crippen LogP) is 4.64. The van der Waals surface area contributed by atoms with Crippen LogP contribution in [0.1, 0.15) is 25.7 Å². The number of thioether (sulfide) groups is 1. The molecule has 16 heavy (non-hydrogen) atoms. The van der Waals surface area contributed by atoms with Crippen LogP contribution in [0.25, 0.3) is 0 Å². The lowest BCUT2D eigenvalue weighted by molar-refractivity contribution is 0.283. The second-order valence-corrected chi connectivity index (χ2v) is 5.54. The van der Waals surface area contributed by atoms with Crippen molar-refractivity contribution in [2.75, 3.05) is 12.4 Å². The van der Waals surface area contributed by atoms with Crippen LogP contribution in [-0.4, -0.2) is 17.5 Å². The second kappa shape index (κ2) is 8.24. The molecular weight excluding hydrogens is 263 g/mol. The molecule has 0 spiro atoms. The fraction of sp³-hybridized carbons (Fsp3) is 0.500. The van der Waals surface area contributed by atoms with Crippen LogP contribution in [0, 0.1) is 0 Å². The third-order valence-electron chi connectivity index (χ3n) is 2.20. The minimum absolute atomic E-state index is 0.299. The van der Waals surface area contributed by atoms with Crippen molar-refractivity contribution in [3.05, 3.63) is 28.2 Å². The van der Waals surface area contributed by atoms with Crippen LogP contribution in [0.2, 0.25) is 10.0 Å². The zero-order valence-electron chi connectivity index (χ0n) is 9.09. The molecule has 0 unspecified atom stereocenters. The Bertz CT molecular complexity index is 318. The molecule has 0 saturated heterocycles. The van der Waals surface area contributed by atoms with Gasteiger partial charge in [-0.1, -0.05) is 36.0 Å². The van der Waals surface area contributed by atoms with Gasteiger partial charge in [-0.2, -0.15) is 0 Å². The van der Waals surface area contributed by atoms with Gasteiger partial charge in [-0.3, -0.25) is 0 Å². The van der Waals surface area contributed by atoms with Crippen molar-refractivity contribution in [3.8, 4) is 0 Å². The predicted molar refractivity (Wildman–Crippen MR) is 72.7 cm³/mol. The first kappa shape index (κ1) is 14.2. The number of unbranched alkanes of at least 4 members (excludes halogenated alkanes) is 3. The molecule has 0 radical (unpaired) electrons. The van der Waals surface area contributed by atoms with E-state index in [4.69, 9.17) is 28.3 Å². The zero-order chi connectivity index (χ0) is 11.8. The van der Waals surface area contributed by atoms with Gasteiger partial charge >= 0.3 is 0 Å². The number of aliphatic hydroxyl groups is 1. The first-order valence-corrected chi connectivity index (χ1v) is 7.17. The minimum Gasteiger partial charge on any atom is -0.396 e. The Morgan fingerprint density at radius 2 is 1.81 bits per heavy atom. The molecule has 0 aliphatic heterocycles. The van der Waals surface area contributed by atoms with E-state index in [1.807, 2.05) is 12.1 Å². The molecule has 0 bridgehead atoms. The molecule has 1 aromatic carbocycles. The summed E-state index contributed by atoms with van der Waals surface area (Å²) >= 11 is 13.7. The van der Waals surface area contributed by atoms with E-state index in [2.05, 4.69) is 0 Å². The number of halogens is 2. The topological polar surface area (TPSA) is 20.2 Å². The fourth-order valence-electron chi connectivity index (χ4n) is 1.34. The van der Waals surface area contributed by atoms with Gasteiger partial charge in [0.05, 0.1) is 5.02 Å². The van der Waals surface area contributed by atoms with Gasteiger partial charge in [0.2, 0.25) is 0 Å². The summed E-state index contributed by atoms with van der Waals surface area (Å²) in [6.07, 6.45) is 4.31. The van der Waals surface area contributed by atoms with Crippen molar-refractivity contribution in [2.45, 2.75) is 30.6 Å². The smallest absolute Gasteiger partial charge is 0.0542 e. The van der Waals surface area contributed by atoms with Crippen LogP contribution < -0.4 is 0 Å². The molecule has 0 heterocycles.